The van der Waals surface area contributed by atoms with Crippen LogP contribution in [-0.4, -0.2) is 52.5 Å². The molecule has 1 aliphatic rings. The first kappa shape index (κ1) is 21.2. The maximum Gasteiger partial charge on any atom is 0.203 e. The van der Waals surface area contributed by atoms with Crippen LogP contribution in [0.2, 0.25) is 0 Å². The largest absolute Gasteiger partial charge is 0.493 e. The predicted octanol–water partition coefficient (Wildman–Crippen LogP) is 4.60. The molecule has 1 fully saturated rings. The first-order valence-corrected chi connectivity index (χ1v) is 11.0. The Hall–Kier alpha value is -3.71. The minimum atomic E-state index is 0.545. The van der Waals surface area contributed by atoms with E-state index in [1.54, 1.807) is 21.3 Å². The Balaban J connectivity index is 1.58. The van der Waals surface area contributed by atoms with Crippen LogP contribution in [0.4, 0.5) is 5.69 Å². The van der Waals surface area contributed by atoms with Gasteiger partial charge in [0.05, 0.1) is 21.3 Å². The lowest BCUT2D eigenvalue weighted by molar-refractivity contribution is 0.324. The zero-order valence-corrected chi connectivity index (χ0v) is 19.1. The summed E-state index contributed by atoms with van der Waals surface area (Å²) in [6, 6.07) is 16.3. The molecule has 3 heterocycles. The summed E-state index contributed by atoms with van der Waals surface area (Å²) in [5.74, 6) is 2.37. The molecule has 7 nitrogen and oxygen atoms in total. The molecule has 2 aromatic heterocycles. The van der Waals surface area contributed by atoms with Crippen molar-refractivity contribution in [3.05, 3.63) is 54.7 Å². The summed E-state index contributed by atoms with van der Waals surface area (Å²) in [6.07, 6.45) is 1.82. The minimum Gasteiger partial charge on any atom is -0.493 e. The van der Waals surface area contributed by atoms with Crippen LogP contribution in [0.5, 0.6) is 17.2 Å². The van der Waals surface area contributed by atoms with E-state index in [4.69, 9.17) is 18.6 Å². The monoisotopic (exact) mass is 445 g/mol. The van der Waals surface area contributed by atoms with Crippen LogP contribution in [0.3, 0.4) is 0 Å². The van der Waals surface area contributed by atoms with Crippen molar-refractivity contribution in [3.8, 4) is 39.7 Å². The molecular weight excluding hydrogens is 418 g/mol. The van der Waals surface area contributed by atoms with Crippen LogP contribution < -0.4 is 24.4 Å². The van der Waals surface area contributed by atoms with E-state index in [-0.39, 0.29) is 0 Å². The fraction of sp³-hybridized carbons (Fsp3) is 0.269. The van der Waals surface area contributed by atoms with Crippen molar-refractivity contribution in [3.63, 3.8) is 0 Å². The molecule has 0 bridgehead atoms. The molecule has 1 N–H and O–H groups in total. The van der Waals surface area contributed by atoms with Gasteiger partial charge in [0, 0.05) is 55.3 Å². The third kappa shape index (κ3) is 3.96. The van der Waals surface area contributed by atoms with E-state index < -0.39 is 0 Å². The third-order valence-electron chi connectivity index (χ3n) is 6.00. The van der Waals surface area contributed by atoms with Crippen molar-refractivity contribution in [2.45, 2.75) is 0 Å². The number of nitrogens with zero attached hydrogens (tertiary/aromatic N) is 2. The second-order valence-corrected chi connectivity index (χ2v) is 7.88. The van der Waals surface area contributed by atoms with Gasteiger partial charge < -0.3 is 28.8 Å². The van der Waals surface area contributed by atoms with Crippen LogP contribution >= 0.6 is 0 Å². The number of anilines is 1. The molecule has 1 aliphatic heterocycles. The van der Waals surface area contributed by atoms with Crippen molar-refractivity contribution >= 4 is 16.8 Å². The first-order chi connectivity index (χ1) is 16.2. The topological polar surface area (TPSA) is 69.0 Å². The number of benzene rings is 2. The maximum atomic E-state index is 6.36. The van der Waals surface area contributed by atoms with E-state index in [1.165, 1.54) is 5.69 Å². The van der Waals surface area contributed by atoms with E-state index in [9.17, 15) is 0 Å². The van der Waals surface area contributed by atoms with Crippen molar-refractivity contribution in [2.24, 2.45) is 0 Å². The minimum absolute atomic E-state index is 0.545. The average molecular weight is 446 g/mol. The summed E-state index contributed by atoms with van der Waals surface area (Å²) in [6.45, 7) is 4.00. The summed E-state index contributed by atoms with van der Waals surface area (Å²) in [5.41, 5.74) is 5.70. The van der Waals surface area contributed by atoms with Gasteiger partial charge in [-0.1, -0.05) is 12.1 Å². The first-order valence-electron chi connectivity index (χ1n) is 11.0. The maximum absolute atomic E-state index is 6.36. The Bertz CT molecular complexity index is 1250. The number of fused-ring (bicyclic) bond motifs is 1. The highest BCUT2D eigenvalue weighted by molar-refractivity contribution is 5.93. The van der Waals surface area contributed by atoms with Gasteiger partial charge in [-0.2, -0.15) is 0 Å². The number of aromatic nitrogens is 1. The van der Waals surface area contributed by atoms with E-state index >= 15 is 0 Å². The molecule has 7 heteroatoms. The van der Waals surface area contributed by atoms with Gasteiger partial charge in [-0.25, -0.2) is 0 Å². The second-order valence-electron chi connectivity index (χ2n) is 7.88. The van der Waals surface area contributed by atoms with Crippen molar-refractivity contribution in [2.75, 3.05) is 52.4 Å². The van der Waals surface area contributed by atoms with Crippen LogP contribution in [0.1, 0.15) is 0 Å². The lowest BCUT2D eigenvalue weighted by atomic mass is 10.0. The SMILES string of the molecule is COc1cc(-c2cc3nccc(-c4cccc(N5CCNCC5)c4)c3o2)cc(OC)c1OC. The number of hydrogen-bond donors (Lipinski definition) is 1. The molecule has 33 heavy (non-hydrogen) atoms. The Morgan fingerprint density at radius 3 is 2.33 bits per heavy atom. The Kier molecular flexibility index (Phi) is 5.79. The molecule has 5 rings (SSSR count). The van der Waals surface area contributed by atoms with Crippen molar-refractivity contribution in [1.29, 1.82) is 0 Å². The number of pyridine rings is 1. The zero-order chi connectivity index (χ0) is 22.8. The highest BCUT2D eigenvalue weighted by Crippen LogP contribution is 2.43. The standard InChI is InChI=1S/C26H27N3O4/c1-30-23-14-18(15-24(31-2)26(23)32-3)22-16-21-25(33-22)20(7-8-28-21)17-5-4-6-19(13-17)29-11-9-27-10-12-29/h4-8,13-16,27H,9-12H2,1-3H3. The number of furan rings is 1. The molecular formula is C26H27N3O4. The quantitative estimate of drug-likeness (QED) is 0.465. The lowest BCUT2D eigenvalue weighted by Gasteiger charge is -2.29. The van der Waals surface area contributed by atoms with E-state index in [0.717, 1.165) is 54.0 Å². The van der Waals surface area contributed by atoms with E-state index in [0.29, 0.717) is 23.0 Å². The van der Waals surface area contributed by atoms with Crippen molar-refractivity contribution < 1.29 is 18.6 Å². The Labute approximate surface area is 192 Å². The molecule has 0 atom stereocenters. The fourth-order valence-corrected chi connectivity index (χ4v) is 4.32. The average Bonchev–Trinajstić information content (AvgIpc) is 3.33. The van der Waals surface area contributed by atoms with E-state index in [2.05, 4.69) is 39.5 Å². The number of ether oxygens (including phenoxy) is 3. The Morgan fingerprint density at radius 1 is 0.879 bits per heavy atom. The molecule has 0 unspecified atom stereocenters. The summed E-state index contributed by atoms with van der Waals surface area (Å²) < 4.78 is 22.8. The lowest BCUT2D eigenvalue weighted by Crippen LogP contribution is -2.43. The van der Waals surface area contributed by atoms with Gasteiger partial charge in [0.2, 0.25) is 5.75 Å². The van der Waals surface area contributed by atoms with Gasteiger partial charge in [0.25, 0.3) is 0 Å². The Morgan fingerprint density at radius 2 is 1.64 bits per heavy atom. The normalized spacial score (nSPS) is 13.8. The molecule has 0 amide bonds. The van der Waals surface area contributed by atoms with Gasteiger partial charge in [-0.15, -0.1) is 0 Å². The predicted molar refractivity (Wildman–Crippen MR) is 130 cm³/mol. The van der Waals surface area contributed by atoms with Gasteiger partial charge in [0.15, 0.2) is 17.1 Å². The molecule has 1 saturated heterocycles. The van der Waals surface area contributed by atoms with Crippen LogP contribution in [0.25, 0.3) is 33.6 Å². The zero-order valence-electron chi connectivity index (χ0n) is 19.1. The smallest absolute Gasteiger partial charge is 0.203 e. The highest BCUT2D eigenvalue weighted by Gasteiger charge is 2.18. The van der Waals surface area contributed by atoms with Gasteiger partial charge in [-0.3, -0.25) is 4.98 Å². The number of methoxy groups -OCH3 is 3. The molecule has 0 saturated carbocycles. The highest BCUT2D eigenvalue weighted by atomic mass is 16.5. The molecule has 2 aromatic carbocycles. The van der Waals surface area contributed by atoms with Crippen LogP contribution in [0, 0.1) is 0 Å². The number of piperazine rings is 1. The van der Waals surface area contributed by atoms with Gasteiger partial charge >= 0.3 is 0 Å². The fourth-order valence-electron chi connectivity index (χ4n) is 4.32. The van der Waals surface area contributed by atoms with Crippen molar-refractivity contribution in [1.82, 2.24) is 10.3 Å². The number of nitrogens with one attached hydrogen (secondary N) is 1. The van der Waals surface area contributed by atoms with Crippen LogP contribution in [-0.2, 0) is 0 Å². The summed E-state index contributed by atoms with van der Waals surface area (Å²) >= 11 is 0. The number of rotatable bonds is 6. The second kappa shape index (κ2) is 9.03. The summed E-state index contributed by atoms with van der Waals surface area (Å²) in [7, 11) is 4.79. The molecule has 4 aromatic rings. The molecule has 0 spiro atoms. The van der Waals surface area contributed by atoms with Crippen LogP contribution in [0.15, 0.2) is 59.1 Å². The number of hydrogen-bond acceptors (Lipinski definition) is 7. The molecule has 170 valence electrons. The van der Waals surface area contributed by atoms with E-state index in [1.807, 2.05) is 30.5 Å². The molecule has 0 radical (unpaired) electrons. The summed E-state index contributed by atoms with van der Waals surface area (Å²) in [4.78, 5) is 6.95. The molecule has 0 aliphatic carbocycles. The van der Waals surface area contributed by atoms with Gasteiger partial charge in [-0.05, 0) is 35.9 Å². The van der Waals surface area contributed by atoms with Gasteiger partial charge in [0.1, 0.15) is 11.3 Å². The summed E-state index contributed by atoms with van der Waals surface area (Å²) in [5, 5.41) is 3.41. The third-order valence-corrected chi connectivity index (χ3v) is 6.00.